The van der Waals surface area contributed by atoms with Gasteiger partial charge in [-0.25, -0.2) is 0 Å². The molecule has 0 aliphatic carbocycles. The van der Waals surface area contributed by atoms with Gasteiger partial charge in [0.15, 0.2) is 6.10 Å². The van der Waals surface area contributed by atoms with E-state index in [2.05, 4.69) is 112 Å². The lowest BCUT2D eigenvalue weighted by atomic mass is 10.1. The summed E-state index contributed by atoms with van der Waals surface area (Å²) >= 11 is 0. The van der Waals surface area contributed by atoms with E-state index in [-0.39, 0.29) is 37.5 Å². The van der Waals surface area contributed by atoms with E-state index in [4.69, 9.17) is 14.2 Å². The number of carbonyl (C=O) groups is 3. The molecule has 0 bridgehead atoms. The lowest BCUT2D eigenvalue weighted by Gasteiger charge is -2.18. The molecule has 0 rings (SSSR count). The molecule has 6 heteroatoms. The van der Waals surface area contributed by atoms with Crippen molar-refractivity contribution in [2.75, 3.05) is 13.2 Å². The van der Waals surface area contributed by atoms with Gasteiger partial charge in [-0.1, -0.05) is 272 Å². The van der Waals surface area contributed by atoms with Crippen LogP contribution in [0.3, 0.4) is 0 Å². The van der Waals surface area contributed by atoms with Crippen LogP contribution in [0.1, 0.15) is 303 Å². The molecule has 0 aliphatic heterocycles. The first kappa shape index (κ1) is 71.3. The van der Waals surface area contributed by atoms with E-state index in [0.717, 1.165) is 77.0 Å². The highest BCUT2D eigenvalue weighted by Gasteiger charge is 2.19. The van der Waals surface area contributed by atoms with Crippen LogP contribution in [-0.4, -0.2) is 37.2 Å². The minimum Gasteiger partial charge on any atom is -0.462 e. The van der Waals surface area contributed by atoms with Crippen molar-refractivity contribution in [3.63, 3.8) is 0 Å². The molecule has 75 heavy (non-hydrogen) atoms. The number of hydrogen-bond acceptors (Lipinski definition) is 6. The molecular weight excluding hydrogens is 925 g/mol. The monoisotopic (exact) mass is 1040 g/mol. The third-order valence-corrected chi connectivity index (χ3v) is 13.6. The summed E-state index contributed by atoms with van der Waals surface area (Å²) in [5.41, 5.74) is 0. The zero-order chi connectivity index (χ0) is 54.3. The summed E-state index contributed by atoms with van der Waals surface area (Å²) in [6.07, 6.45) is 84.2. The second-order valence-electron chi connectivity index (χ2n) is 20.9. The molecule has 0 N–H and O–H groups in total. The molecule has 1 atom stereocenters. The number of allylic oxidation sites excluding steroid dienone is 16. The van der Waals surface area contributed by atoms with Crippen molar-refractivity contribution in [1.82, 2.24) is 0 Å². The van der Waals surface area contributed by atoms with Crippen LogP contribution in [0.15, 0.2) is 97.2 Å². The van der Waals surface area contributed by atoms with Gasteiger partial charge in [0.2, 0.25) is 0 Å². The van der Waals surface area contributed by atoms with Gasteiger partial charge in [0, 0.05) is 19.3 Å². The van der Waals surface area contributed by atoms with Crippen molar-refractivity contribution in [2.45, 2.75) is 309 Å². The van der Waals surface area contributed by atoms with Crippen molar-refractivity contribution in [2.24, 2.45) is 0 Å². The smallest absolute Gasteiger partial charge is 0.306 e. The van der Waals surface area contributed by atoms with Gasteiger partial charge in [-0.3, -0.25) is 14.4 Å². The van der Waals surface area contributed by atoms with E-state index in [1.807, 2.05) is 6.08 Å². The molecule has 0 heterocycles. The van der Waals surface area contributed by atoms with E-state index >= 15 is 0 Å². The fourth-order valence-electron chi connectivity index (χ4n) is 8.81. The predicted octanol–water partition coefficient (Wildman–Crippen LogP) is 21.7. The highest BCUT2D eigenvalue weighted by molar-refractivity contribution is 5.71. The molecule has 0 aliphatic rings. The summed E-state index contributed by atoms with van der Waals surface area (Å²) < 4.78 is 16.9. The minimum absolute atomic E-state index is 0.102. The van der Waals surface area contributed by atoms with Gasteiger partial charge in [-0.15, -0.1) is 0 Å². The Balaban J connectivity index is 4.48. The Kier molecular flexibility index (Phi) is 59.8. The first-order valence-electron chi connectivity index (χ1n) is 31.7. The van der Waals surface area contributed by atoms with Crippen LogP contribution in [0.4, 0.5) is 0 Å². The van der Waals surface area contributed by atoms with Gasteiger partial charge in [0.1, 0.15) is 13.2 Å². The third-order valence-electron chi connectivity index (χ3n) is 13.6. The average molecular weight is 1040 g/mol. The SMILES string of the molecule is CC/C=C\C/C=C\C/C=C\C/C=C\C/C=C\C/C=C\CCC(=O)OC[C@H](COC(=O)CCCCCCCCCCC/C=C\CCCCCCCC)OC(=O)CCCCCCCCCCC/C=C\CCCCCCCC. The second-order valence-corrected chi connectivity index (χ2v) is 20.9. The van der Waals surface area contributed by atoms with Crippen LogP contribution in [0, 0.1) is 0 Å². The minimum atomic E-state index is -0.812. The molecule has 0 radical (unpaired) electrons. The third kappa shape index (κ3) is 61.1. The Hall–Kier alpha value is -3.67. The van der Waals surface area contributed by atoms with Crippen LogP contribution in [0.2, 0.25) is 0 Å². The van der Waals surface area contributed by atoms with Gasteiger partial charge in [0.05, 0.1) is 0 Å². The predicted molar refractivity (Wildman–Crippen MR) is 325 cm³/mol. The molecule has 0 spiro atoms. The lowest BCUT2D eigenvalue weighted by molar-refractivity contribution is -0.166. The van der Waals surface area contributed by atoms with E-state index in [1.165, 1.54) is 180 Å². The molecule has 430 valence electrons. The summed E-state index contributed by atoms with van der Waals surface area (Å²) in [6, 6.07) is 0. The van der Waals surface area contributed by atoms with Crippen molar-refractivity contribution in [3.8, 4) is 0 Å². The Labute approximate surface area is 464 Å². The highest BCUT2D eigenvalue weighted by atomic mass is 16.6. The van der Waals surface area contributed by atoms with Crippen LogP contribution in [-0.2, 0) is 28.6 Å². The number of esters is 3. The summed E-state index contributed by atoms with van der Waals surface area (Å²) in [5, 5.41) is 0. The summed E-state index contributed by atoms with van der Waals surface area (Å²) in [5.74, 6) is -0.984. The number of ether oxygens (including phenoxy) is 3. The summed E-state index contributed by atoms with van der Waals surface area (Å²) in [6.45, 7) is 6.48. The fraction of sp³-hybridized carbons (Fsp3) is 0.725. The topological polar surface area (TPSA) is 78.9 Å². The zero-order valence-corrected chi connectivity index (χ0v) is 49.3. The van der Waals surface area contributed by atoms with E-state index < -0.39 is 6.10 Å². The van der Waals surface area contributed by atoms with Gasteiger partial charge in [-0.2, -0.15) is 0 Å². The maximum atomic E-state index is 12.9. The molecule has 0 unspecified atom stereocenters. The highest BCUT2D eigenvalue weighted by Crippen LogP contribution is 2.16. The Morgan fingerprint density at radius 2 is 0.547 bits per heavy atom. The quantitative estimate of drug-likeness (QED) is 0.0261. The molecule has 0 fully saturated rings. The first-order chi connectivity index (χ1) is 37.0. The van der Waals surface area contributed by atoms with Crippen LogP contribution < -0.4 is 0 Å². The van der Waals surface area contributed by atoms with Gasteiger partial charge < -0.3 is 14.2 Å². The molecule has 0 saturated heterocycles. The first-order valence-corrected chi connectivity index (χ1v) is 31.7. The zero-order valence-electron chi connectivity index (χ0n) is 49.3. The molecule has 0 aromatic carbocycles. The molecular formula is C69H118O6. The maximum absolute atomic E-state index is 12.9. The van der Waals surface area contributed by atoms with Gasteiger partial charge in [-0.05, 0) is 109 Å². The van der Waals surface area contributed by atoms with E-state index in [1.54, 1.807) is 0 Å². The lowest BCUT2D eigenvalue weighted by Crippen LogP contribution is -2.30. The normalized spacial score (nSPS) is 12.7. The van der Waals surface area contributed by atoms with Gasteiger partial charge in [0.25, 0.3) is 0 Å². The van der Waals surface area contributed by atoms with E-state index in [0.29, 0.717) is 19.3 Å². The molecule has 0 amide bonds. The Morgan fingerprint density at radius 1 is 0.280 bits per heavy atom. The molecule has 0 aromatic rings. The maximum Gasteiger partial charge on any atom is 0.306 e. The van der Waals surface area contributed by atoms with Crippen molar-refractivity contribution in [3.05, 3.63) is 97.2 Å². The largest absolute Gasteiger partial charge is 0.462 e. The molecule has 6 nitrogen and oxygen atoms in total. The molecule has 0 aromatic heterocycles. The number of unbranched alkanes of at least 4 members (excludes halogenated alkanes) is 30. The molecule has 0 saturated carbocycles. The summed E-state index contributed by atoms with van der Waals surface area (Å²) in [7, 11) is 0. The Morgan fingerprint density at radius 3 is 0.893 bits per heavy atom. The number of carbonyl (C=O) groups excluding carboxylic acids is 3. The van der Waals surface area contributed by atoms with Crippen molar-refractivity contribution < 1.29 is 28.6 Å². The average Bonchev–Trinajstić information content (AvgIpc) is 3.41. The standard InChI is InChI=1S/C69H118O6/c1-4-7-10-13-16-19-22-25-28-31-34-37-40-43-46-49-52-55-58-61-67(70)73-64-66(75-69(72)63-60-57-54-51-48-45-42-39-36-33-30-27-24-21-18-15-12-9-6-3)65-74-68(71)62-59-56-53-50-47-44-41-38-35-32-29-26-23-20-17-14-11-8-5-2/h7,10,16,19,25-30,34,37,43,46,52,55,66H,4-6,8-9,11-15,17-18,20-24,31-33,35-36,38-42,44-45,47-51,53-54,56-65H2,1-3H3/b10-7-,19-16-,28-25-,29-26-,30-27-,37-34-,46-43-,55-52-/t66-/m1/s1. The fourth-order valence-corrected chi connectivity index (χ4v) is 8.81. The second kappa shape index (κ2) is 62.9. The van der Waals surface area contributed by atoms with Crippen LogP contribution in [0.25, 0.3) is 0 Å². The van der Waals surface area contributed by atoms with Crippen LogP contribution >= 0.6 is 0 Å². The number of hydrogen-bond donors (Lipinski definition) is 0. The van der Waals surface area contributed by atoms with Crippen LogP contribution in [0.5, 0.6) is 0 Å². The van der Waals surface area contributed by atoms with E-state index in [9.17, 15) is 14.4 Å². The summed E-state index contributed by atoms with van der Waals surface area (Å²) in [4.78, 5) is 38.3. The Bertz CT molecular complexity index is 1480. The van der Waals surface area contributed by atoms with Crippen molar-refractivity contribution in [1.29, 1.82) is 0 Å². The number of rotatable bonds is 57. The van der Waals surface area contributed by atoms with Gasteiger partial charge >= 0.3 is 17.9 Å². The van der Waals surface area contributed by atoms with Crippen molar-refractivity contribution >= 4 is 17.9 Å².